The zero-order valence-electron chi connectivity index (χ0n) is 31.4. The first kappa shape index (κ1) is 45.7. The fourth-order valence-electron chi connectivity index (χ4n) is 5.80. The highest BCUT2D eigenvalue weighted by atomic mass is 35.5. The number of halogens is 3. The molecule has 4 aromatic carbocycles. The Morgan fingerprint density at radius 3 is 2.07 bits per heavy atom. The molecule has 0 spiro atoms. The quantitative estimate of drug-likeness (QED) is 0.0587. The van der Waals surface area contributed by atoms with Crippen molar-refractivity contribution < 1.29 is 34.3 Å². The molecule has 4 N–H and O–H groups in total. The van der Waals surface area contributed by atoms with Crippen LogP contribution in [0, 0.1) is 28.1 Å². The molecule has 15 heteroatoms. The van der Waals surface area contributed by atoms with E-state index < -0.39 is 18.0 Å². The number of carboxylic acid groups (broad SMARTS) is 1. The number of benzene rings is 4. The predicted molar refractivity (Wildman–Crippen MR) is 228 cm³/mol. The molecule has 1 aromatic heterocycles. The summed E-state index contributed by atoms with van der Waals surface area (Å²) in [5, 5.41) is 51.4. The molecular weight excluding hydrogens is 823 g/mol. The van der Waals surface area contributed by atoms with E-state index in [0.717, 1.165) is 11.1 Å². The van der Waals surface area contributed by atoms with Crippen molar-refractivity contribution >= 4 is 54.3 Å². The molecule has 0 fully saturated rings. The van der Waals surface area contributed by atoms with Crippen molar-refractivity contribution in [1.82, 2.24) is 10.3 Å². The normalized spacial score (nSPS) is 11.7. The number of aryl methyl sites for hydroxylation is 1. The number of hydrogen-bond acceptors (Lipinski definition) is 10. The maximum Gasteiger partial charge on any atom is 0.311 e. The molecule has 5 rings (SSSR count). The lowest BCUT2D eigenvalue weighted by Gasteiger charge is -2.22. The number of aromatic nitrogens is 1. The predicted octanol–water partition coefficient (Wildman–Crippen LogP) is 8.37. The average molecular weight is 864 g/mol. The molecule has 1 heterocycles. The first-order chi connectivity index (χ1) is 27.5. The molecule has 0 aliphatic heterocycles. The van der Waals surface area contributed by atoms with Gasteiger partial charge in [0.1, 0.15) is 30.6 Å². The largest absolute Gasteiger partial charge is 0.492 e. The monoisotopic (exact) mass is 862 g/mol. The molecule has 0 saturated heterocycles. The minimum Gasteiger partial charge on any atom is -0.492 e. The van der Waals surface area contributed by atoms with Crippen molar-refractivity contribution in [3.63, 3.8) is 0 Å². The van der Waals surface area contributed by atoms with Gasteiger partial charge in [-0.1, -0.05) is 83.3 Å². The summed E-state index contributed by atoms with van der Waals surface area (Å²) < 4.78 is 18.0. The zero-order chi connectivity index (χ0) is 41.0. The van der Waals surface area contributed by atoms with Crippen molar-refractivity contribution in [3.8, 4) is 51.9 Å². The van der Waals surface area contributed by atoms with E-state index in [2.05, 4.69) is 10.3 Å². The van der Waals surface area contributed by atoms with Crippen LogP contribution < -0.4 is 19.5 Å². The van der Waals surface area contributed by atoms with Crippen LogP contribution in [0.1, 0.15) is 41.2 Å². The zero-order valence-corrected chi connectivity index (χ0v) is 34.7. The molecule has 0 amide bonds. The lowest BCUT2D eigenvalue weighted by Crippen LogP contribution is -2.32. The molecule has 5 aromatic rings. The summed E-state index contributed by atoms with van der Waals surface area (Å²) in [5.74, 6) is -0.329. The number of nitrogens with zero attached hydrogens (tertiary/aromatic N) is 3. The Labute approximate surface area is 358 Å². The molecule has 0 unspecified atom stereocenters. The van der Waals surface area contributed by atoms with E-state index in [1.165, 1.54) is 13.0 Å². The third kappa shape index (κ3) is 11.6. The smallest absolute Gasteiger partial charge is 0.311 e. The minimum atomic E-state index is -1.43. The van der Waals surface area contributed by atoms with Gasteiger partial charge in [0.25, 0.3) is 0 Å². The van der Waals surface area contributed by atoms with Crippen molar-refractivity contribution in [3.05, 3.63) is 128 Å². The van der Waals surface area contributed by atoms with Crippen LogP contribution in [0.5, 0.6) is 17.5 Å². The number of rotatable bonds is 19. The second-order valence-corrected chi connectivity index (χ2v) is 14.4. The van der Waals surface area contributed by atoms with E-state index in [1.807, 2.05) is 66.7 Å². The van der Waals surface area contributed by atoms with Crippen LogP contribution >= 0.6 is 48.3 Å². The van der Waals surface area contributed by atoms with Gasteiger partial charge in [0, 0.05) is 40.9 Å². The highest BCUT2D eigenvalue weighted by molar-refractivity contribution is 7.59. The third-order valence-corrected chi connectivity index (χ3v) is 10.3. The number of nitrogens with one attached hydrogen (secondary N) is 1. The van der Waals surface area contributed by atoms with Gasteiger partial charge < -0.3 is 34.8 Å². The van der Waals surface area contributed by atoms with E-state index in [-0.39, 0.29) is 74.1 Å². The van der Waals surface area contributed by atoms with Crippen molar-refractivity contribution in [2.24, 2.45) is 5.41 Å². The fourth-order valence-corrected chi connectivity index (χ4v) is 6.65. The SMILES string of the molecule is C[C@@](CO)(CCc1cc(Cl)c(OCc2cccc(-c3cccc(-c4ccc(OCCNCCO)cc4)c3Cl)c2Cl)nc1OCc1cc(C#N)cc(C#N)c1)C(=O)O.S. The summed E-state index contributed by atoms with van der Waals surface area (Å²) in [5.41, 5.74) is 3.85. The Kier molecular flexibility index (Phi) is 17.1. The van der Waals surface area contributed by atoms with Gasteiger partial charge in [0.15, 0.2) is 0 Å². The molecule has 0 aliphatic carbocycles. The van der Waals surface area contributed by atoms with E-state index in [0.29, 0.717) is 63.3 Å². The first-order valence-corrected chi connectivity index (χ1v) is 19.0. The van der Waals surface area contributed by atoms with Gasteiger partial charge in [-0.25, -0.2) is 0 Å². The van der Waals surface area contributed by atoms with Crippen molar-refractivity contribution in [2.45, 2.75) is 33.0 Å². The average Bonchev–Trinajstić information content (AvgIpc) is 3.22. The van der Waals surface area contributed by atoms with E-state index in [4.69, 9.17) is 54.1 Å². The topological polar surface area (TPSA) is 178 Å². The van der Waals surface area contributed by atoms with Gasteiger partial charge in [-0.3, -0.25) is 4.79 Å². The maximum atomic E-state index is 11.9. The van der Waals surface area contributed by atoms with E-state index >= 15 is 0 Å². The van der Waals surface area contributed by atoms with E-state index in [9.17, 15) is 25.5 Å². The summed E-state index contributed by atoms with van der Waals surface area (Å²) in [6, 6.07) is 29.1. The highest BCUT2D eigenvalue weighted by Crippen LogP contribution is 2.41. The maximum absolute atomic E-state index is 11.9. The van der Waals surface area contributed by atoms with Crippen LogP contribution in [0.2, 0.25) is 15.1 Å². The van der Waals surface area contributed by atoms with Crippen LogP contribution in [0.15, 0.2) is 84.9 Å². The third-order valence-electron chi connectivity index (χ3n) is 9.15. The Morgan fingerprint density at radius 2 is 1.43 bits per heavy atom. The van der Waals surface area contributed by atoms with Crippen LogP contribution in [-0.2, 0) is 24.4 Å². The number of ether oxygens (including phenoxy) is 3. The minimum absolute atomic E-state index is 0. The Hall–Kier alpha value is -5.02. The summed E-state index contributed by atoms with van der Waals surface area (Å²) >= 11 is 20.7. The number of aliphatic hydroxyl groups is 2. The molecule has 0 radical (unpaired) electrons. The van der Waals surface area contributed by atoms with Gasteiger partial charge in [0.05, 0.1) is 51.9 Å². The second-order valence-electron chi connectivity index (χ2n) is 13.3. The molecule has 0 aliphatic rings. The van der Waals surface area contributed by atoms with Gasteiger partial charge in [-0.2, -0.15) is 29.0 Å². The lowest BCUT2D eigenvalue weighted by molar-refractivity contribution is -0.150. The lowest BCUT2D eigenvalue weighted by atomic mass is 9.85. The summed E-state index contributed by atoms with van der Waals surface area (Å²) in [6.45, 7) is 2.40. The van der Waals surface area contributed by atoms with Gasteiger partial charge in [0.2, 0.25) is 11.8 Å². The number of hydrogen-bond donors (Lipinski definition) is 4. The Balaban J connectivity index is 0.00000744. The number of aliphatic hydroxyl groups excluding tert-OH is 2. The van der Waals surface area contributed by atoms with Gasteiger partial charge in [-0.05, 0) is 67.3 Å². The Morgan fingerprint density at radius 1 is 0.793 bits per heavy atom. The number of carbonyl (C=O) groups is 1. The van der Waals surface area contributed by atoms with Gasteiger partial charge in [-0.15, -0.1) is 0 Å². The Bertz CT molecular complexity index is 2270. The number of carboxylic acids is 1. The summed E-state index contributed by atoms with van der Waals surface area (Å²) in [7, 11) is 0. The molecule has 0 saturated carbocycles. The fraction of sp³-hybridized carbons (Fsp3) is 0.256. The molecule has 11 nitrogen and oxygen atoms in total. The molecule has 302 valence electrons. The molecule has 58 heavy (non-hydrogen) atoms. The van der Waals surface area contributed by atoms with Crippen molar-refractivity contribution in [2.75, 3.05) is 32.9 Å². The first-order valence-electron chi connectivity index (χ1n) is 17.8. The van der Waals surface area contributed by atoms with E-state index in [1.54, 1.807) is 24.3 Å². The second kappa shape index (κ2) is 21.7. The van der Waals surface area contributed by atoms with Crippen LogP contribution in [0.4, 0.5) is 0 Å². The molecule has 0 bridgehead atoms. The molecular formula is C43H41Cl3N4O7S. The van der Waals surface area contributed by atoms with Crippen molar-refractivity contribution in [1.29, 1.82) is 10.5 Å². The number of pyridine rings is 1. The highest BCUT2D eigenvalue weighted by Gasteiger charge is 2.32. The molecule has 1 atom stereocenters. The van der Waals surface area contributed by atoms with Crippen LogP contribution in [0.25, 0.3) is 22.3 Å². The standard InChI is InChI=1S/C43H39Cl3N4O7.H2S/c1-43(26-52,42(53)54)13-12-31-21-37(44)41(50-40(31)56-24-29-19-27(22-47)18-28(20-29)23-48)57-25-32-4-2-6-35(38(32)45)36-7-3-5-34(39(36)46)30-8-10-33(11-9-30)55-17-15-49-14-16-51;/h2-11,18-21,49,51-52H,12-17,24-26H2,1H3,(H,53,54);1H2/t43-;/m0./s1. The summed E-state index contributed by atoms with van der Waals surface area (Å²) in [4.78, 5) is 16.5. The number of aliphatic carboxylic acids is 1. The van der Waals surface area contributed by atoms with Crippen LogP contribution in [-0.4, -0.2) is 59.2 Å². The number of nitriles is 2. The van der Waals surface area contributed by atoms with Crippen LogP contribution in [0.3, 0.4) is 0 Å². The summed E-state index contributed by atoms with van der Waals surface area (Å²) in [6.07, 6.45) is 0.190. The van der Waals surface area contributed by atoms with Gasteiger partial charge >= 0.3 is 5.97 Å².